The number of ketones is 2. The number of methoxy groups -OCH3 is 2. The van der Waals surface area contributed by atoms with Crippen molar-refractivity contribution < 1.29 is 33.4 Å². The zero-order valence-electron chi connectivity index (χ0n) is 19.5. The Labute approximate surface area is 206 Å². The number of rotatable bonds is 4. The van der Waals surface area contributed by atoms with Crippen molar-refractivity contribution in [1.29, 1.82) is 0 Å². The second kappa shape index (κ2) is 7.86. The molecule has 3 aromatic carbocycles. The highest BCUT2D eigenvalue weighted by atomic mass is 16.5. The molecule has 2 amide bonds. The maximum Gasteiger partial charge on any atom is 0.241 e. The van der Waals surface area contributed by atoms with Crippen molar-refractivity contribution in [3.05, 3.63) is 89.5 Å². The third-order valence-electron chi connectivity index (χ3n) is 7.27. The van der Waals surface area contributed by atoms with E-state index in [1.165, 1.54) is 14.2 Å². The molecule has 8 nitrogen and oxygen atoms in total. The van der Waals surface area contributed by atoms with Crippen LogP contribution >= 0.6 is 0 Å². The lowest BCUT2D eigenvalue weighted by Crippen LogP contribution is -2.51. The number of amides is 2. The first kappa shape index (κ1) is 22.2. The van der Waals surface area contributed by atoms with E-state index in [2.05, 4.69) is 0 Å². The maximum absolute atomic E-state index is 13.9. The number of benzene rings is 3. The summed E-state index contributed by atoms with van der Waals surface area (Å²) in [6.07, 6.45) is -1.04. The second-order valence-corrected chi connectivity index (χ2v) is 8.94. The number of nitrogens with zero attached hydrogens (tertiary/aromatic N) is 1. The molecule has 2 saturated heterocycles. The molecule has 1 spiro atoms. The summed E-state index contributed by atoms with van der Waals surface area (Å²) in [5.74, 6) is -3.90. The van der Waals surface area contributed by atoms with Crippen LogP contribution in [0.2, 0.25) is 0 Å². The molecule has 6 rings (SSSR count). The molecule has 2 heterocycles. The van der Waals surface area contributed by atoms with Crippen LogP contribution in [0.1, 0.15) is 32.4 Å². The lowest BCUT2D eigenvalue weighted by atomic mass is 9.77. The monoisotopic (exact) mass is 483 g/mol. The smallest absolute Gasteiger partial charge is 0.241 e. The first-order chi connectivity index (χ1) is 17.4. The minimum absolute atomic E-state index is 0.188. The number of hydrogen-bond donors (Lipinski definition) is 0. The van der Waals surface area contributed by atoms with Crippen LogP contribution in [0.15, 0.2) is 72.8 Å². The number of hydrogen-bond acceptors (Lipinski definition) is 7. The molecule has 3 aliphatic rings. The summed E-state index contributed by atoms with van der Waals surface area (Å²) in [7, 11) is 2.97. The first-order valence-corrected chi connectivity index (χ1v) is 11.4. The second-order valence-electron chi connectivity index (χ2n) is 8.94. The highest BCUT2D eigenvalue weighted by Gasteiger charge is 2.74. The van der Waals surface area contributed by atoms with Crippen molar-refractivity contribution in [1.82, 2.24) is 0 Å². The summed E-state index contributed by atoms with van der Waals surface area (Å²) < 4.78 is 17.0. The number of fused-ring (bicyclic) bond motifs is 3. The van der Waals surface area contributed by atoms with E-state index >= 15 is 0 Å². The van der Waals surface area contributed by atoms with Gasteiger partial charge in [0.15, 0.2) is 11.5 Å². The van der Waals surface area contributed by atoms with E-state index in [1.54, 1.807) is 72.8 Å². The Balaban J connectivity index is 1.54. The molecule has 180 valence electrons. The Morgan fingerprint density at radius 3 is 1.97 bits per heavy atom. The molecule has 0 bridgehead atoms. The van der Waals surface area contributed by atoms with Gasteiger partial charge in [-0.05, 0) is 29.8 Å². The van der Waals surface area contributed by atoms with Crippen molar-refractivity contribution in [3.8, 4) is 11.5 Å². The minimum atomic E-state index is -2.12. The topological polar surface area (TPSA) is 99.2 Å². The molecule has 0 unspecified atom stereocenters. The van der Waals surface area contributed by atoms with E-state index in [4.69, 9.17) is 14.2 Å². The highest BCUT2D eigenvalue weighted by Crippen LogP contribution is 2.58. The van der Waals surface area contributed by atoms with Crippen LogP contribution in [-0.2, 0) is 14.3 Å². The van der Waals surface area contributed by atoms with E-state index in [9.17, 15) is 19.2 Å². The zero-order valence-corrected chi connectivity index (χ0v) is 19.5. The zero-order chi connectivity index (χ0) is 25.2. The average Bonchev–Trinajstić information content (AvgIpc) is 3.48. The molecular formula is C28H21NO7. The Hall–Kier alpha value is -4.30. The third kappa shape index (κ3) is 2.73. The fraction of sp³-hybridized carbons (Fsp3) is 0.214. The van der Waals surface area contributed by atoms with Crippen molar-refractivity contribution in [2.75, 3.05) is 19.1 Å². The minimum Gasteiger partial charge on any atom is -0.493 e. The molecule has 3 atom stereocenters. The van der Waals surface area contributed by atoms with Gasteiger partial charge in [-0.2, -0.15) is 0 Å². The van der Waals surface area contributed by atoms with Gasteiger partial charge in [-0.15, -0.1) is 0 Å². The van der Waals surface area contributed by atoms with Crippen molar-refractivity contribution in [3.63, 3.8) is 0 Å². The summed E-state index contributed by atoms with van der Waals surface area (Å²) in [5, 5.41) is 0. The Bertz CT molecular complexity index is 1410. The standard InChI is InChI=1S/C28H21NO7/c1-34-19-13-12-15(14-20(19)35-2)23-21-22(27(33)29(26(21)32)16-8-4-3-5-9-16)28(36-23)24(30)17-10-6-7-11-18(17)25(28)31/h3-14,21-23H,1-2H3/t21-,22-,23+/m1/s1. The molecule has 2 aliphatic heterocycles. The third-order valence-corrected chi connectivity index (χ3v) is 7.27. The molecule has 1 aliphatic carbocycles. The van der Waals surface area contributed by atoms with Gasteiger partial charge in [0.2, 0.25) is 29.0 Å². The van der Waals surface area contributed by atoms with Gasteiger partial charge in [0.25, 0.3) is 0 Å². The van der Waals surface area contributed by atoms with Gasteiger partial charge >= 0.3 is 0 Å². The van der Waals surface area contributed by atoms with Crippen LogP contribution in [0.5, 0.6) is 11.5 Å². The fourth-order valence-corrected chi connectivity index (χ4v) is 5.68. The van der Waals surface area contributed by atoms with Crippen LogP contribution < -0.4 is 14.4 Å². The van der Waals surface area contributed by atoms with Gasteiger partial charge < -0.3 is 14.2 Å². The number of para-hydroxylation sites is 1. The lowest BCUT2D eigenvalue weighted by molar-refractivity contribution is -0.127. The van der Waals surface area contributed by atoms with E-state index in [1.807, 2.05) is 0 Å². The molecule has 0 saturated carbocycles. The van der Waals surface area contributed by atoms with Crippen molar-refractivity contribution >= 4 is 29.1 Å². The molecule has 2 fully saturated rings. The number of ether oxygens (including phenoxy) is 3. The van der Waals surface area contributed by atoms with Gasteiger partial charge in [-0.1, -0.05) is 48.5 Å². The summed E-state index contributed by atoms with van der Waals surface area (Å²) in [5.41, 5.74) is -0.881. The Morgan fingerprint density at radius 1 is 0.750 bits per heavy atom. The summed E-state index contributed by atoms with van der Waals surface area (Å²) in [4.78, 5) is 56.4. The van der Waals surface area contributed by atoms with Crippen molar-refractivity contribution in [2.24, 2.45) is 11.8 Å². The quantitative estimate of drug-likeness (QED) is 0.414. The first-order valence-electron chi connectivity index (χ1n) is 11.4. The average molecular weight is 483 g/mol. The molecular weight excluding hydrogens is 462 g/mol. The van der Waals surface area contributed by atoms with Crippen LogP contribution in [0.3, 0.4) is 0 Å². The predicted octanol–water partition coefficient (Wildman–Crippen LogP) is 3.40. The predicted molar refractivity (Wildman–Crippen MR) is 127 cm³/mol. The molecule has 36 heavy (non-hydrogen) atoms. The Morgan fingerprint density at radius 2 is 1.36 bits per heavy atom. The van der Waals surface area contributed by atoms with E-state index in [-0.39, 0.29) is 11.1 Å². The fourth-order valence-electron chi connectivity index (χ4n) is 5.68. The van der Waals surface area contributed by atoms with Crippen LogP contribution in [0.4, 0.5) is 5.69 Å². The van der Waals surface area contributed by atoms with E-state index in [0.29, 0.717) is 22.7 Å². The number of imide groups is 1. The number of carbonyl (C=O) groups excluding carboxylic acids is 4. The number of Topliss-reactive ketones (excluding diaryl/α,β-unsaturated/α-hetero) is 2. The molecule has 0 N–H and O–H groups in total. The lowest BCUT2D eigenvalue weighted by Gasteiger charge is -2.27. The largest absolute Gasteiger partial charge is 0.493 e. The van der Waals surface area contributed by atoms with Crippen LogP contribution in [0.25, 0.3) is 0 Å². The highest BCUT2D eigenvalue weighted by molar-refractivity contribution is 6.37. The summed E-state index contributed by atoms with van der Waals surface area (Å²) >= 11 is 0. The Kier molecular flexibility index (Phi) is 4.84. The summed E-state index contributed by atoms with van der Waals surface area (Å²) in [6, 6.07) is 19.8. The molecule has 0 aromatic heterocycles. The van der Waals surface area contributed by atoms with Crippen LogP contribution in [-0.4, -0.2) is 43.2 Å². The molecule has 0 radical (unpaired) electrons. The SMILES string of the molecule is COc1ccc([C@@H]2OC3(C(=O)c4ccccc4C3=O)[C@H]3C(=O)N(c4ccccc4)C(=O)[C@@H]23)cc1OC. The van der Waals surface area contributed by atoms with Gasteiger partial charge in [-0.3, -0.25) is 19.2 Å². The summed E-state index contributed by atoms with van der Waals surface area (Å²) in [6.45, 7) is 0. The van der Waals surface area contributed by atoms with E-state index < -0.39 is 46.9 Å². The maximum atomic E-state index is 13.9. The van der Waals surface area contributed by atoms with Gasteiger partial charge in [-0.25, -0.2) is 4.90 Å². The molecule has 8 heteroatoms. The normalized spacial score (nSPS) is 23.8. The number of anilines is 1. The van der Waals surface area contributed by atoms with Crippen LogP contribution in [0, 0.1) is 11.8 Å². The van der Waals surface area contributed by atoms with Crippen molar-refractivity contribution in [2.45, 2.75) is 11.7 Å². The number of carbonyl (C=O) groups is 4. The van der Waals surface area contributed by atoms with E-state index in [0.717, 1.165) is 4.90 Å². The van der Waals surface area contributed by atoms with Gasteiger partial charge in [0.1, 0.15) is 0 Å². The van der Waals surface area contributed by atoms with Gasteiger partial charge in [0.05, 0.1) is 37.8 Å². The van der Waals surface area contributed by atoms with Gasteiger partial charge in [0, 0.05) is 11.1 Å². The molecule has 3 aromatic rings.